The summed E-state index contributed by atoms with van der Waals surface area (Å²) in [6, 6.07) is 8.27. The number of hydrogen-bond donors (Lipinski definition) is 2. The van der Waals surface area contributed by atoms with E-state index in [0.29, 0.717) is 0 Å². The summed E-state index contributed by atoms with van der Waals surface area (Å²) < 4.78 is 4.25. The van der Waals surface area contributed by atoms with E-state index in [2.05, 4.69) is 42.1 Å². The van der Waals surface area contributed by atoms with Gasteiger partial charge in [0.15, 0.2) is 0 Å². The lowest BCUT2D eigenvalue weighted by Crippen LogP contribution is -2.24. The Morgan fingerprint density at radius 1 is 1.18 bits per heavy atom. The Hall–Kier alpha value is -0.970. The van der Waals surface area contributed by atoms with E-state index < -0.39 is 0 Å². The van der Waals surface area contributed by atoms with Crippen molar-refractivity contribution in [1.82, 2.24) is 0 Å². The minimum Gasteiger partial charge on any atom is -0.400 e. The molecule has 1 aliphatic rings. The van der Waals surface area contributed by atoms with Crippen LogP contribution in [0.2, 0.25) is 0 Å². The quantitative estimate of drug-likeness (QED) is 0.699. The fraction of sp³-hybridized carbons (Fsp3) is 0.462. The number of fused-ring (bicyclic) bond motifs is 1. The maximum Gasteiger partial charge on any atom is 0.0899 e. The van der Waals surface area contributed by atoms with Gasteiger partial charge in [0.1, 0.15) is 0 Å². The first kappa shape index (κ1) is 16.0. The summed E-state index contributed by atoms with van der Waals surface area (Å²) in [6.45, 7) is 4.29. The Morgan fingerprint density at radius 3 is 2.12 bits per heavy atom. The van der Waals surface area contributed by atoms with Gasteiger partial charge in [-0.05, 0) is 25.5 Å². The summed E-state index contributed by atoms with van der Waals surface area (Å²) in [5.41, 5.74) is 2.47. The van der Waals surface area contributed by atoms with Crippen molar-refractivity contribution in [3.63, 3.8) is 0 Å². The topological polar surface area (TPSA) is 41.5 Å². The molecule has 0 aromatic heterocycles. The molecule has 3 nitrogen and oxygen atoms in total. The second-order valence-electron chi connectivity index (χ2n) is 4.03. The van der Waals surface area contributed by atoms with Gasteiger partial charge in [0.25, 0.3) is 0 Å². The minimum atomic E-state index is 0.00588. The predicted molar refractivity (Wildman–Crippen MR) is 76.8 cm³/mol. The Morgan fingerprint density at radius 2 is 1.65 bits per heavy atom. The van der Waals surface area contributed by atoms with Gasteiger partial charge >= 0.3 is 0 Å². The third kappa shape index (κ3) is 3.77. The number of ether oxygens (including phenoxy) is 1. The van der Waals surface area contributed by atoms with Crippen molar-refractivity contribution >= 4 is 22.9 Å². The molecule has 1 aromatic rings. The summed E-state index contributed by atoms with van der Waals surface area (Å²) in [4.78, 5) is 0.920. The average Bonchev–Trinajstić information content (AvgIpc) is 2.55. The van der Waals surface area contributed by atoms with E-state index in [1.54, 1.807) is 14.2 Å². The number of para-hydroxylation sites is 1. The third-order valence-corrected chi connectivity index (χ3v) is 3.03. The summed E-state index contributed by atoms with van der Waals surface area (Å²) in [6.07, 6.45) is 0. The third-order valence-electron chi connectivity index (χ3n) is 2.42. The van der Waals surface area contributed by atoms with Crippen LogP contribution in [-0.2, 0) is 10.2 Å². The zero-order valence-electron chi connectivity index (χ0n) is 11.1. The monoisotopic (exact) mass is 255 g/mol. The van der Waals surface area contributed by atoms with Crippen LogP contribution in [0, 0.1) is 0 Å². The number of nitrogens with one attached hydrogen (secondary N) is 1. The molecule has 1 aliphatic heterocycles. The highest BCUT2D eigenvalue weighted by atomic mass is 32.1. The van der Waals surface area contributed by atoms with Gasteiger partial charge in [0, 0.05) is 32.4 Å². The molecule has 1 aromatic carbocycles. The molecule has 0 aliphatic carbocycles. The fourth-order valence-corrected chi connectivity index (χ4v) is 1.76. The molecule has 0 fully saturated rings. The van der Waals surface area contributed by atoms with Crippen molar-refractivity contribution in [3.8, 4) is 0 Å². The molecule has 0 spiro atoms. The molecule has 2 N–H and O–H groups in total. The molecule has 0 unspecified atom stereocenters. The van der Waals surface area contributed by atoms with Crippen molar-refractivity contribution in [1.29, 1.82) is 0 Å². The predicted octanol–water partition coefficient (Wildman–Crippen LogP) is 2.59. The lowest BCUT2D eigenvalue weighted by molar-refractivity contribution is 0.277. The molecule has 0 atom stereocenters. The number of methoxy groups -OCH3 is 1. The molecule has 0 bridgehead atoms. The van der Waals surface area contributed by atoms with Crippen LogP contribution in [0.5, 0.6) is 0 Å². The molecular weight excluding hydrogens is 234 g/mol. The van der Waals surface area contributed by atoms with Gasteiger partial charge in [0.2, 0.25) is 0 Å². The molecule has 17 heavy (non-hydrogen) atoms. The molecule has 96 valence electrons. The van der Waals surface area contributed by atoms with Crippen LogP contribution in [0.15, 0.2) is 24.3 Å². The fourth-order valence-electron chi connectivity index (χ4n) is 1.54. The largest absolute Gasteiger partial charge is 0.400 e. The zero-order chi connectivity index (χ0) is 13.5. The van der Waals surface area contributed by atoms with Crippen molar-refractivity contribution in [2.45, 2.75) is 19.3 Å². The number of rotatable bonds is 0. The number of aliphatic hydroxyl groups excluding tert-OH is 1. The van der Waals surface area contributed by atoms with Crippen LogP contribution in [0.4, 0.5) is 5.69 Å². The second-order valence-corrected chi connectivity index (χ2v) is 4.44. The SMILES string of the molecule is CC1(C)C(=S)Nc2ccccc21.CO.COC. The molecule has 2 rings (SSSR count). The molecule has 4 heteroatoms. The highest BCUT2D eigenvalue weighted by Crippen LogP contribution is 2.37. The van der Waals surface area contributed by atoms with Gasteiger partial charge in [-0.15, -0.1) is 0 Å². The van der Waals surface area contributed by atoms with Crippen molar-refractivity contribution in [2.24, 2.45) is 0 Å². The van der Waals surface area contributed by atoms with Crippen molar-refractivity contribution < 1.29 is 9.84 Å². The van der Waals surface area contributed by atoms with E-state index in [-0.39, 0.29) is 5.41 Å². The lowest BCUT2D eigenvalue weighted by atomic mass is 9.87. The van der Waals surface area contributed by atoms with Crippen molar-refractivity contribution in [2.75, 3.05) is 26.6 Å². The smallest absolute Gasteiger partial charge is 0.0899 e. The van der Waals surface area contributed by atoms with E-state index in [1.165, 1.54) is 5.56 Å². The van der Waals surface area contributed by atoms with E-state index in [0.717, 1.165) is 17.8 Å². The van der Waals surface area contributed by atoms with E-state index in [9.17, 15) is 0 Å². The Balaban J connectivity index is 0.000000450. The minimum absolute atomic E-state index is 0.00588. The van der Waals surface area contributed by atoms with Gasteiger partial charge in [-0.1, -0.05) is 30.4 Å². The maximum atomic E-state index is 7.00. The Labute approximate surface area is 109 Å². The lowest BCUT2D eigenvalue weighted by Gasteiger charge is -2.16. The van der Waals surface area contributed by atoms with Crippen molar-refractivity contribution in [3.05, 3.63) is 29.8 Å². The zero-order valence-corrected chi connectivity index (χ0v) is 11.9. The van der Waals surface area contributed by atoms with Crippen LogP contribution in [0.1, 0.15) is 19.4 Å². The number of hydrogen-bond acceptors (Lipinski definition) is 3. The highest BCUT2D eigenvalue weighted by Gasteiger charge is 2.34. The molecular formula is C13H21NO2S. The Bertz CT molecular complexity index is 364. The molecule has 0 radical (unpaired) electrons. The summed E-state index contributed by atoms with van der Waals surface area (Å²) in [5.74, 6) is 0. The van der Waals surface area contributed by atoms with Gasteiger partial charge < -0.3 is 15.2 Å². The molecule has 0 amide bonds. The average molecular weight is 255 g/mol. The number of aliphatic hydroxyl groups is 1. The maximum absolute atomic E-state index is 7.00. The van der Waals surface area contributed by atoms with E-state index in [1.807, 2.05) is 6.07 Å². The van der Waals surface area contributed by atoms with E-state index >= 15 is 0 Å². The first-order valence-corrected chi connectivity index (χ1v) is 5.70. The second kappa shape index (κ2) is 7.37. The number of thiocarbonyl (C=S) groups is 1. The summed E-state index contributed by atoms with van der Waals surface area (Å²) >= 11 is 5.25. The first-order valence-electron chi connectivity index (χ1n) is 5.30. The molecule has 0 saturated heterocycles. The Kier molecular flexibility index (Phi) is 6.95. The van der Waals surface area contributed by atoms with Gasteiger partial charge in [-0.2, -0.15) is 0 Å². The van der Waals surface area contributed by atoms with Crippen LogP contribution in [-0.4, -0.2) is 31.4 Å². The number of benzene rings is 1. The van der Waals surface area contributed by atoms with Gasteiger partial charge in [0.05, 0.1) is 4.99 Å². The van der Waals surface area contributed by atoms with Gasteiger partial charge in [-0.25, -0.2) is 0 Å². The van der Waals surface area contributed by atoms with Gasteiger partial charge in [-0.3, -0.25) is 0 Å². The molecule has 0 saturated carbocycles. The van der Waals surface area contributed by atoms with Crippen LogP contribution in [0.3, 0.4) is 0 Å². The normalized spacial score (nSPS) is 14.6. The summed E-state index contributed by atoms with van der Waals surface area (Å²) in [7, 11) is 4.25. The van der Waals surface area contributed by atoms with E-state index in [4.69, 9.17) is 17.3 Å². The van der Waals surface area contributed by atoms with Crippen LogP contribution >= 0.6 is 12.2 Å². The first-order chi connectivity index (χ1) is 8.04. The summed E-state index contributed by atoms with van der Waals surface area (Å²) in [5, 5.41) is 10.2. The highest BCUT2D eigenvalue weighted by molar-refractivity contribution is 7.80. The number of anilines is 1. The standard InChI is InChI=1S/C10H11NS.C2H6O.CH4O/c1-10(2)7-5-3-4-6-8(7)11-9(10)12;1-3-2;1-2/h3-6H,1-2H3,(H,11,12);1-2H3;2H,1H3. The van der Waals surface area contributed by atoms with Crippen LogP contribution in [0.25, 0.3) is 0 Å². The van der Waals surface area contributed by atoms with Crippen LogP contribution < -0.4 is 5.32 Å². The molecule has 1 heterocycles.